The van der Waals surface area contributed by atoms with E-state index in [0.717, 1.165) is 17.1 Å². The zero-order valence-electron chi connectivity index (χ0n) is 31.6. The van der Waals surface area contributed by atoms with Crippen molar-refractivity contribution in [2.45, 2.75) is 26.2 Å². The van der Waals surface area contributed by atoms with E-state index in [1.807, 2.05) is 12.2 Å². The lowest BCUT2D eigenvalue weighted by molar-refractivity contribution is 0.666. The second kappa shape index (κ2) is 13.9. The molecule has 0 heterocycles. The van der Waals surface area contributed by atoms with Crippen LogP contribution in [0.5, 0.6) is 0 Å². The zero-order valence-corrected chi connectivity index (χ0v) is 31.6. The Morgan fingerprint density at radius 3 is 2.02 bits per heavy atom. The molecule has 0 N–H and O–H groups in total. The van der Waals surface area contributed by atoms with Gasteiger partial charge in [0, 0.05) is 22.4 Å². The van der Waals surface area contributed by atoms with Gasteiger partial charge in [-0.15, -0.1) is 0 Å². The van der Waals surface area contributed by atoms with Gasteiger partial charge in [-0.1, -0.05) is 184 Å². The van der Waals surface area contributed by atoms with E-state index in [0.29, 0.717) is 0 Å². The van der Waals surface area contributed by atoms with Gasteiger partial charge in [0.1, 0.15) is 0 Å². The normalized spacial score (nSPS) is 13.3. The van der Waals surface area contributed by atoms with Crippen LogP contribution in [0.3, 0.4) is 0 Å². The molecule has 0 atom stereocenters. The minimum absolute atomic E-state index is 0.172. The first-order valence-corrected chi connectivity index (χ1v) is 19.2. The van der Waals surface area contributed by atoms with Gasteiger partial charge in [-0.05, 0) is 109 Å². The van der Waals surface area contributed by atoms with Gasteiger partial charge in [-0.3, -0.25) is 0 Å². The maximum absolute atomic E-state index is 3.90. The number of hydrogen-bond acceptors (Lipinski definition) is 1. The number of rotatable bonds is 8. The van der Waals surface area contributed by atoms with Crippen molar-refractivity contribution in [3.63, 3.8) is 0 Å². The summed E-state index contributed by atoms with van der Waals surface area (Å²) in [5, 5.41) is 5.09. The molecule has 0 fully saturated rings. The third-order valence-electron chi connectivity index (χ3n) is 11.4. The number of fused-ring (bicyclic) bond motifs is 6. The summed E-state index contributed by atoms with van der Waals surface area (Å²) in [5.41, 5.74) is 15.8. The Kier molecular flexibility index (Phi) is 8.64. The summed E-state index contributed by atoms with van der Waals surface area (Å²) in [6.07, 6.45) is 8.16. The molecule has 1 heteroatoms. The number of para-hydroxylation sites is 1. The minimum atomic E-state index is -0.172. The molecule has 0 radical (unpaired) electrons. The van der Waals surface area contributed by atoms with E-state index in [-0.39, 0.29) is 5.41 Å². The molecule has 0 saturated heterocycles. The molecule has 1 aliphatic carbocycles. The number of anilines is 3. The summed E-state index contributed by atoms with van der Waals surface area (Å²) in [4.78, 5) is 2.44. The fourth-order valence-electron chi connectivity index (χ4n) is 8.81. The Labute approximate surface area is 324 Å². The Morgan fingerprint density at radius 1 is 0.564 bits per heavy atom. The monoisotopic (exact) mass is 705 g/mol. The van der Waals surface area contributed by atoms with Crippen LogP contribution in [0.2, 0.25) is 0 Å². The highest BCUT2D eigenvalue weighted by Gasteiger charge is 2.37. The molecule has 0 amide bonds. The molecule has 0 aliphatic heterocycles. The largest absolute Gasteiger partial charge is 0.310 e. The van der Waals surface area contributed by atoms with Gasteiger partial charge in [-0.2, -0.15) is 0 Å². The fourth-order valence-corrected chi connectivity index (χ4v) is 8.81. The van der Waals surface area contributed by atoms with Gasteiger partial charge in [0.15, 0.2) is 0 Å². The molecule has 0 saturated carbocycles. The molecule has 8 aromatic carbocycles. The molecule has 1 nitrogen and oxygen atoms in total. The third-order valence-corrected chi connectivity index (χ3v) is 11.4. The zero-order chi connectivity index (χ0) is 37.5. The molecule has 264 valence electrons. The molecular weight excluding hydrogens is 663 g/mol. The summed E-state index contributed by atoms with van der Waals surface area (Å²) in [5.74, 6) is 0. The predicted molar refractivity (Wildman–Crippen MR) is 238 cm³/mol. The average Bonchev–Trinajstić information content (AvgIpc) is 3.47. The highest BCUT2D eigenvalue weighted by Crippen LogP contribution is 2.53. The van der Waals surface area contributed by atoms with E-state index in [1.54, 1.807) is 0 Å². The van der Waals surface area contributed by atoms with E-state index in [2.05, 4.69) is 214 Å². The Hall–Kier alpha value is -6.70. The summed E-state index contributed by atoms with van der Waals surface area (Å²) >= 11 is 0. The molecule has 0 spiro atoms. The molecule has 55 heavy (non-hydrogen) atoms. The van der Waals surface area contributed by atoms with Crippen molar-refractivity contribution in [3.8, 4) is 33.4 Å². The average molecular weight is 706 g/mol. The fraction of sp³-hybridized carbons (Fsp3) is 0.0741. The van der Waals surface area contributed by atoms with E-state index in [4.69, 9.17) is 0 Å². The van der Waals surface area contributed by atoms with Crippen molar-refractivity contribution >= 4 is 44.2 Å². The predicted octanol–water partition coefficient (Wildman–Crippen LogP) is 15.2. The summed E-state index contributed by atoms with van der Waals surface area (Å²) in [7, 11) is 0. The second-order valence-corrected chi connectivity index (χ2v) is 14.9. The van der Waals surface area contributed by atoms with Crippen LogP contribution in [0.1, 0.15) is 37.5 Å². The minimum Gasteiger partial charge on any atom is -0.310 e. The first kappa shape index (κ1) is 34.1. The lowest BCUT2D eigenvalue weighted by Crippen LogP contribution is -2.17. The van der Waals surface area contributed by atoms with Gasteiger partial charge in [-0.25, -0.2) is 0 Å². The number of nitrogens with zero attached hydrogens (tertiary/aromatic N) is 1. The van der Waals surface area contributed by atoms with Crippen LogP contribution in [0.25, 0.3) is 60.5 Å². The first-order chi connectivity index (χ1) is 27.0. The molecule has 8 aromatic rings. The van der Waals surface area contributed by atoms with E-state index >= 15 is 0 Å². The van der Waals surface area contributed by atoms with Crippen LogP contribution in [0.15, 0.2) is 201 Å². The van der Waals surface area contributed by atoms with Crippen molar-refractivity contribution in [2.75, 3.05) is 4.90 Å². The van der Waals surface area contributed by atoms with Crippen molar-refractivity contribution in [2.24, 2.45) is 0 Å². The molecule has 0 unspecified atom stereocenters. The van der Waals surface area contributed by atoms with Gasteiger partial charge in [0.25, 0.3) is 0 Å². The maximum Gasteiger partial charge on any atom is 0.0540 e. The maximum atomic E-state index is 3.90. The van der Waals surface area contributed by atoms with E-state index in [1.165, 1.54) is 77.2 Å². The topological polar surface area (TPSA) is 3.24 Å². The Morgan fingerprint density at radius 2 is 1.22 bits per heavy atom. The van der Waals surface area contributed by atoms with Crippen LogP contribution < -0.4 is 4.90 Å². The van der Waals surface area contributed by atoms with Crippen molar-refractivity contribution < 1.29 is 0 Å². The third kappa shape index (κ3) is 5.81. The summed E-state index contributed by atoms with van der Waals surface area (Å²) in [6, 6.07) is 62.3. The van der Waals surface area contributed by atoms with E-state index in [9.17, 15) is 0 Å². The number of hydrogen-bond donors (Lipinski definition) is 0. The number of allylic oxidation sites excluding steroid dienone is 5. The Balaban J connectivity index is 1.21. The van der Waals surface area contributed by atoms with Crippen LogP contribution in [-0.2, 0) is 5.41 Å². The first-order valence-electron chi connectivity index (χ1n) is 19.2. The molecule has 1 aliphatic rings. The Bertz CT molecular complexity index is 2790. The quantitative estimate of drug-likeness (QED) is 0.142. The van der Waals surface area contributed by atoms with Crippen LogP contribution in [0, 0.1) is 0 Å². The van der Waals surface area contributed by atoms with Crippen LogP contribution in [-0.4, -0.2) is 0 Å². The van der Waals surface area contributed by atoms with Gasteiger partial charge < -0.3 is 4.90 Å². The standard InChI is InChI=1S/C54H43N/c1-5-7-17-37(6-2)45-25-15-21-41-22-16-26-46(52(41)45)40-28-31-42(32-29-40)55(51-27-14-13-23-44(51)38-18-9-8-10-19-38)43-33-35-48-49-34-30-39-20-11-12-24-47(39)53(49)54(3,4)50(48)36-43/h5-36H,1H2,2-4H3/b17-7-,37-6+. The molecular formula is C54H43N. The summed E-state index contributed by atoms with van der Waals surface area (Å²) in [6.45, 7) is 10.8. The van der Waals surface area contributed by atoms with Crippen LogP contribution in [0.4, 0.5) is 17.1 Å². The SMILES string of the molecule is C=C/C=C\C(=C/C)c1cccc2cccc(-c3ccc(N(c4ccc5c(c4)C(C)(C)c4c-5ccc5ccccc45)c4ccccc4-c4ccccc4)cc3)c12. The smallest absolute Gasteiger partial charge is 0.0540 e. The summed E-state index contributed by atoms with van der Waals surface area (Å²) < 4.78 is 0. The second-order valence-electron chi connectivity index (χ2n) is 14.9. The van der Waals surface area contributed by atoms with Gasteiger partial charge in [0.2, 0.25) is 0 Å². The van der Waals surface area contributed by atoms with Crippen molar-refractivity contribution in [3.05, 3.63) is 217 Å². The van der Waals surface area contributed by atoms with Gasteiger partial charge in [0.05, 0.1) is 5.69 Å². The highest BCUT2D eigenvalue weighted by molar-refractivity contribution is 6.05. The highest BCUT2D eigenvalue weighted by atomic mass is 15.1. The lowest BCUT2D eigenvalue weighted by Gasteiger charge is -2.30. The van der Waals surface area contributed by atoms with Crippen molar-refractivity contribution in [1.29, 1.82) is 0 Å². The lowest BCUT2D eigenvalue weighted by atomic mass is 9.80. The van der Waals surface area contributed by atoms with Gasteiger partial charge >= 0.3 is 0 Å². The van der Waals surface area contributed by atoms with E-state index < -0.39 is 0 Å². The van der Waals surface area contributed by atoms with Crippen LogP contribution >= 0.6 is 0 Å². The molecule has 9 rings (SSSR count). The number of benzene rings is 8. The molecule has 0 bridgehead atoms. The molecule has 0 aromatic heterocycles. The van der Waals surface area contributed by atoms with Crippen molar-refractivity contribution in [1.82, 2.24) is 0 Å².